The second-order valence-corrected chi connectivity index (χ2v) is 6.81. The van der Waals surface area contributed by atoms with Crippen LogP contribution in [0.1, 0.15) is 20.8 Å². The largest absolute Gasteiger partial charge is 0.491 e. The number of hydrogen-bond donors (Lipinski definition) is 1. The smallest absolute Gasteiger partial charge is 0.265 e. The minimum absolute atomic E-state index is 0.0699. The van der Waals surface area contributed by atoms with Gasteiger partial charge in [0.2, 0.25) is 0 Å². The number of ether oxygens (including phenoxy) is 2. The number of anilines is 1. The van der Waals surface area contributed by atoms with E-state index in [4.69, 9.17) is 21.1 Å². The summed E-state index contributed by atoms with van der Waals surface area (Å²) in [4.78, 5) is 12.3. The van der Waals surface area contributed by atoms with Crippen LogP contribution in [0, 0.1) is 0 Å². The Morgan fingerprint density at radius 1 is 1.12 bits per heavy atom. The minimum atomic E-state index is -0.669. The lowest BCUT2D eigenvalue weighted by Gasteiger charge is -2.16. The first kappa shape index (κ1) is 18.6. The van der Waals surface area contributed by atoms with Crippen LogP contribution in [0.4, 0.5) is 5.69 Å². The first-order valence-corrected chi connectivity index (χ1v) is 8.71. The predicted molar refractivity (Wildman–Crippen MR) is 100 cm³/mol. The zero-order valence-electron chi connectivity index (χ0n) is 13.7. The molecule has 0 saturated carbocycles. The molecule has 0 saturated heterocycles. The van der Waals surface area contributed by atoms with E-state index >= 15 is 0 Å². The summed E-state index contributed by atoms with van der Waals surface area (Å²) in [7, 11) is 0. The number of hydrogen-bond acceptors (Lipinski definition) is 3. The highest BCUT2D eigenvalue weighted by Gasteiger charge is 2.16. The summed E-state index contributed by atoms with van der Waals surface area (Å²) in [5, 5.41) is 3.41. The third-order valence-electron chi connectivity index (χ3n) is 3.04. The van der Waals surface area contributed by atoms with Crippen molar-refractivity contribution in [1.29, 1.82) is 0 Å². The zero-order valence-corrected chi connectivity index (χ0v) is 16.0. The summed E-state index contributed by atoms with van der Waals surface area (Å²) >= 11 is 9.26. The molecular formula is C18H19BrClNO3. The predicted octanol–water partition coefficient (Wildman–Crippen LogP) is 5.30. The quantitative estimate of drug-likeness (QED) is 0.700. The molecule has 4 nitrogen and oxygen atoms in total. The Kier molecular flexibility index (Phi) is 6.52. The van der Waals surface area contributed by atoms with Crippen molar-refractivity contribution in [3.05, 3.63) is 52.0 Å². The van der Waals surface area contributed by atoms with Gasteiger partial charge in [0.15, 0.2) is 6.10 Å². The van der Waals surface area contributed by atoms with Crippen molar-refractivity contribution in [2.75, 3.05) is 5.32 Å². The molecule has 2 aromatic carbocycles. The lowest BCUT2D eigenvalue weighted by Crippen LogP contribution is -2.30. The van der Waals surface area contributed by atoms with Crippen LogP contribution < -0.4 is 14.8 Å². The van der Waals surface area contributed by atoms with Crippen LogP contribution in [0.25, 0.3) is 0 Å². The van der Waals surface area contributed by atoms with E-state index in [2.05, 4.69) is 21.2 Å². The van der Waals surface area contributed by atoms with E-state index in [0.29, 0.717) is 26.7 Å². The molecule has 2 aromatic rings. The Balaban J connectivity index is 2.01. The summed E-state index contributed by atoms with van der Waals surface area (Å²) in [5.74, 6) is 1.01. The van der Waals surface area contributed by atoms with Crippen LogP contribution in [0.15, 0.2) is 46.9 Å². The second-order valence-electron chi connectivity index (χ2n) is 5.52. The summed E-state index contributed by atoms with van der Waals surface area (Å²) in [6, 6.07) is 12.4. The van der Waals surface area contributed by atoms with Crippen LogP contribution in [0.2, 0.25) is 5.02 Å². The monoisotopic (exact) mass is 411 g/mol. The van der Waals surface area contributed by atoms with E-state index in [-0.39, 0.29) is 12.0 Å². The summed E-state index contributed by atoms with van der Waals surface area (Å²) in [6.45, 7) is 5.58. The van der Waals surface area contributed by atoms with Gasteiger partial charge in [0, 0.05) is 16.8 Å². The number of halogens is 2. The van der Waals surface area contributed by atoms with Gasteiger partial charge in [0.1, 0.15) is 11.5 Å². The van der Waals surface area contributed by atoms with Gasteiger partial charge in [-0.15, -0.1) is 0 Å². The molecule has 0 aliphatic carbocycles. The van der Waals surface area contributed by atoms with E-state index in [0.717, 1.165) is 0 Å². The summed E-state index contributed by atoms with van der Waals surface area (Å²) in [5.41, 5.74) is 0.656. The third-order valence-corrected chi connectivity index (χ3v) is 3.90. The molecule has 0 fully saturated rings. The molecule has 1 amide bonds. The van der Waals surface area contributed by atoms with E-state index < -0.39 is 6.10 Å². The first-order chi connectivity index (χ1) is 11.3. The molecular weight excluding hydrogens is 394 g/mol. The zero-order chi connectivity index (χ0) is 17.7. The molecule has 0 spiro atoms. The first-order valence-electron chi connectivity index (χ1n) is 7.54. The maximum atomic E-state index is 12.3. The fourth-order valence-corrected chi connectivity index (χ4v) is 2.75. The van der Waals surface area contributed by atoms with Crippen molar-refractivity contribution in [3.63, 3.8) is 0 Å². The Labute approximate surface area is 155 Å². The molecule has 1 unspecified atom stereocenters. The SMILES string of the molecule is CC(C)Oc1cccc(NC(=O)C(C)Oc2ccc(Cl)cc2Br)c1. The van der Waals surface area contributed by atoms with E-state index in [1.807, 2.05) is 26.0 Å². The average molecular weight is 413 g/mol. The molecule has 0 aliphatic heterocycles. The molecule has 128 valence electrons. The highest BCUT2D eigenvalue weighted by molar-refractivity contribution is 9.10. The number of nitrogens with one attached hydrogen (secondary N) is 1. The molecule has 0 aromatic heterocycles. The Morgan fingerprint density at radius 2 is 1.88 bits per heavy atom. The van der Waals surface area contributed by atoms with Gasteiger partial charge < -0.3 is 14.8 Å². The number of carbonyl (C=O) groups is 1. The number of rotatable bonds is 6. The second kappa shape index (κ2) is 8.40. The van der Waals surface area contributed by atoms with Crippen molar-refractivity contribution < 1.29 is 14.3 Å². The van der Waals surface area contributed by atoms with Crippen molar-refractivity contribution in [2.24, 2.45) is 0 Å². The average Bonchev–Trinajstić information content (AvgIpc) is 2.49. The van der Waals surface area contributed by atoms with Crippen molar-refractivity contribution in [1.82, 2.24) is 0 Å². The van der Waals surface area contributed by atoms with Crippen LogP contribution in [0.5, 0.6) is 11.5 Å². The van der Waals surface area contributed by atoms with Crippen molar-refractivity contribution >= 4 is 39.1 Å². The number of carbonyl (C=O) groups excluding carboxylic acids is 1. The molecule has 0 aliphatic rings. The maximum Gasteiger partial charge on any atom is 0.265 e. The fourth-order valence-electron chi connectivity index (χ4n) is 1.98. The van der Waals surface area contributed by atoms with Gasteiger partial charge in [-0.25, -0.2) is 0 Å². The summed E-state index contributed by atoms with van der Waals surface area (Å²) in [6.07, 6.45) is -0.599. The van der Waals surface area contributed by atoms with Crippen molar-refractivity contribution in [3.8, 4) is 11.5 Å². The molecule has 2 rings (SSSR count). The van der Waals surface area contributed by atoms with E-state index in [9.17, 15) is 4.79 Å². The Hall–Kier alpha value is -1.72. The highest BCUT2D eigenvalue weighted by atomic mass is 79.9. The highest BCUT2D eigenvalue weighted by Crippen LogP contribution is 2.29. The molecule has 24 heavy (non-hydrogen) atoms. The van der Waals surface area contributed by atoms with Gasteiger partial charge in [-0.05, 0) is 67.0 Å². The number of amides is 1. The summed E-state index contributed by atoms with van der Waals surface area (Å²) < 4.78 is 12.0. The molecule has 1 N–H and O–H groups in total. The van der Waals surface area contributed by atoms with Gasteiger partial charge in [-0.3, -0.25) is 4.79 Å². The van der Waals surface area contributed by atoms with Gasteiger partial charge in [-0.1, -0.05) is 17.7 Å². The molecule has 0 heterocycles. The minimum Gasteiger partial charge on any atom is -0.491 e. The lowest BCUT2D eigenvalue weighted by molar-refractivity contribution is -0.122. The molecule has 0 bridgehead atoms. The topological polar surface area (TPSA) is 47.6 Å². The molecule has 0 radical (unpaired) electrons. The van der Waals surface area contributed by atoms with Gasteiger partial charge >= 0.3 is 0 Å². The van der Waals surface area contributed by atoms with Gasteiger partial charge in [-0.2, -0.15) is 0 Å². The van der Waals surface area contributed by atoms with Crippen LogP contribution in [-0.4, -0.2) is 18.1 Å². The third kappa shape index (κ3) is 5.42. The van der Waals surface area contributed by atoms with Crippen molar-refractivity contribution in [2.45, 2.75) is 33.0 Å². The fraction of sp³-hybridized carbons (Fsp3) is 0.278. The van der Waals surface area contributed by atoms with Crippen LogP contribution in [0.3, 0.4) is 0 Å². The molecule has 1 atom stereocenters. The lowest BCUT2D eigenvalue weighted by atomic mass is 10.2. The van der Waals surface area contributed by atoms with E-state index in [1.54, 1.807) is 37.3 Å². The van der Waals surface area contributed by atoms with Gasteiger partial charge in [0.25, 0.3) is 5.91 Å². The maximum absolute atomic E-state index is 12.3. The molecule has 6 heteroatoms. The van der Waals surface area contributed by atoms with E-state index in [1.165, 1.54) is 0 Å². The number of benzene rings is 2. The standard InChI is InChI=1S/C18H19BrClNO3/c1-11(2)23-15-6-4-5-14(10-15)21-18(22)12(3)24-17-8-7-13(20)9-16(17)19/h4-12H,1-3H3,(H,21,22). The Bertz CT molecular complexity index is 721. The Morgan fingerprint density at radius 3 is 2.54 bits per heavy atom. The van der Waals surface area contributed by atoms with Crippen LogP contribution >= 0.6 is 27.5 Å². The van der Waals surface area contributed by atoms with Gasteiger partial charge in [0.05, 0.1) is 10.6 Å². The van der Waals surface area contributed by atoms with Crippen LogP contribution in [-0.2, 0) is 4.79 Å². The normalized spacial score (nSPS) is 11.9.